The molecule has 90 valence electrons. The molecular weight excluding hydrogens is 339 g/mol. The summed E-state index contributed by atoms with van der Waals surface area (Å²) in [5, 5.41) is 0.800. The first-order valence-electron chi connectivity index (χ1n) is 5.15. The number of aryl methyl sites for hydroxylation is 2. The molecule has 0 fully saturated rings. The maximum Gasteiger partial charge on any atom is 0.0960 e. The van der Waals surface area contributed by atoms with Gasteiger partial charge in [0.1, 0.15) is 0 Å². The largest absolute Gasteiger partial charge is 0.127 e. The molecule has 0 bridgehead atoms. The third-order valence-corrected chi connectivity index (χ3v) is 5.97. The summed E-state index contributed by atoms with van der Waals surface area (Å²) in [6.07, 6.45) is 0. The number of rotatable bonds is 2. The lowest BCUT2D eigenvalue weighted by atomic mass is 10.1. The Kier molecular flexibility index (Phi) is 4.19. The summed E-state index contributed by atoms with van der Waals surface area (Å²) in [7, 11) is 0. The predicted octanol–water partition coefficient (Wildman–Crippen LogP) is 6.16. The van der Waals surface area contributed by atoms with Crippen molar-refractivity contribution in [2.45, 2.75) is 18.7 Å². The summed E-state index contributed by atoms with van der Waals surface area (Å²) in [6, 6.07) is 8.20. The van der Waals surface area contributed by atoms with Crippen LogP contribution in [0.4, 0.5) is 0 Å². The van der Waals surface area contributed by atoms with E-state index >= 15 is 0 Å². The normalized spacial score (nSPS) is 12.8. The van der Waals surface area contributed by atoms with Crippen LogP contribution in [0, 0.1) is 13.8 Å². The van der Waals surface area contributed by atoms with Gasteiger partial charge in [0.2, 0.25) is 0 Å². The van der Waals surface area contributed by atoms with Gasteiger partial charge in [-0.05, 0) is 42.7 Å². The molecule has 0 nitrogen and oxygen atoms in total. The second-order valence-electron chi connectivity index (χ2n) is 3.98. The Morgan fingerprint density at radius 2 is 1.82 bits per heavy atom. The molecule has 0 N–H and O–H groups in total. The van der Waals surface area contributed by atoms with Crippen LogP contribution in [0.1, 0.15) is 26.4 Å². The Balaban J connectivity index is 2.36. The highest BCUT2D eigenvalue weighted by molar-refractivity contribution is 9.09. The minimum atomic E-state index is 0.176. The highest BCUT2D eigenvalue weighted by Gasteiger charge is 2.15. The second kappa shape index (κ2) is 5.31. The molecule has 2 aromatic rings. The highest BCUT2D eigenvalue weighted by Crippen LogP contribution is 2.39. The molecule has 1 aromatic heterocycles. The summed E-state index contributed by atoms with van der Waals surface area (Å²) in [5.74, 6) is 0. The van der Waals surface area contributed by atoms with Crippen LogP contribution in [0.25, 0.3) is 0 Å². The summed E-state index contributed by atoms with van der Waals surface area (Å²) in [5.41, 5.74) is 3.42. The van der Waals surface area contributed by atoms with E-state index in [1.165, 1.54) is 10.4 Å². The zero-order valence-electron chi connectivity index (χ0n) is 9.43. The molecular formula is C13H11BrCl2S. The zero-order chi connectivity index (χ0) is 12.6. The van der Waals surface area contributed by atoms with Crippen molar-refractivity contribution in [3.05, 3.63) is 55.2 Å². The second-order valence-corrected chi connectivity index (χ2v) is 6.99. The number of hydrogen-bond donors (Lipinski definition) is 0. The van der Waals surface area contributed by atoms with Crippen LogP contribution in [-0.4, -0.2) is 0 Å². The number of hydrogen-bond acceptors (Lipinski definition) is 1. The summed E-state index contributed by atoms with van der Waals surface area (Å²) < 4.78 is 0.857. The van der Waals surface area contributed by atoms with Gasteiger partial charge in [0.05, 0.1) is 9.16 Å². The Morgan fingerprint density at radius 1 is 1.12 bits per heavy atom. The topological polar surface area (TPSA) is 0 Å². The van der Waals surface area contributed by atoms with Gasteiger partial charge < -0.3 is 0 Å². The first-order chi connectivity index (χ1) is 7.99. The van der Waals surface area contributed by atoms with Gasteiger partial charge in [-0.15, -0.1) is 11.3 Å². The lowest BCUT2D eigenvalue weighted by molar-refractivity contribution is 1.21. The van der Waals surface area contributed by atoms with E-state index in [2.05, 4.69) is 28.1 Å². The van der Waals surface area contributed by atoms with E-state index in [-0.39, 0.29) is 4.83 Å². The van der Waals surface area contributed by atoms with Gasteiger partial charge in [0, 0.05) is 9.90 Å². The first-order valence-corrected chi connectivity index (χ1v) is 7.64. The van der Waals surface area contributed by atoms with Crippen molar-refractivity contribution in [2.24, 2.45) is 0 Å². The summed E-state index contributed by atoms with van der Waals surface area (Å²) in [6.45, 7) is 4.04. The minimum Gasteiger partial charge on any atom is -0.127 e. The molecule has 0 aliphatic heterocycles. The number of benzene rings is 1. The third kappa shape index (κ3) is 2.87. The van der Waals surface area contributed by atoms with Crippen molar-refractivity contribution in [1.82, 2.24) is 0 Å². The molecule has 1 unspecified atom stereocenters. The van der Waals surface area contributed by atoms with E-state index in [0.717, 1.165) is 20.5 Å². The maximum absolute atomic E-state index is 6.09. The maximum atomic E-state index is 6.09. The number of halogens is 3. The SMILES string of the molecule is Cc1cc(C(Br)c2cc(C)c(Cl)s2)ccc1Cl. The molecule has 0 saturated carbocycles. The van der Waals surface area contributed by atoms with E-state index < -0.39 is 0 Å². The van der Waals surface area contributed by atoms with Crippen molar-refractivity contribution in [3.8, 4) is 0 Å². The van der Waals surface area contributed by atoms with Gasteiger partial charge in [-0.1, -0.05) is 51.3 Å². The van der Waals surface area contributed by atoms with Crippen molar-refractivity contribution < 1.29 is 0 Å². The molecule has 0 aliphatic carbocycles. The van der Waals surface area contributed by atoms with Gasteiger partial charge in [-0.25, -0.2) is 0 Å². The molecule has 1 heterocycles. The standard InChI is InChI=1S/C13H11BrCl2S/c1-7-5-9(3-4-10(7)15)12(14)11-6-8(2)13(16)17-11/h3-6,12H,1-2H3. The monoisotopic (exact) mass is 348 g/mol. The Hall–Kier alpha value is -0.0200. The molecule has 0 amide bonds. The van der Waals surface area contributed by atoms with Crippen LogP contribution >= 0.6 is 50.5 Å². The molecule has 17 heavy (non-hydrogen) atoms. The minimum absolute atomic E-state index is 0.176. The predicted molar refractivity (Wildman–Crippen MR) is 81.0 cm³/mol. The molecule has 0 aliphatic rings. The Bertz CT molecular complexity index is 529. The smallest absolute Gasteiger partial charge is 0.0960 e. The molecule has 0 saturated heterocycles. The Labute approximate surface area is 124 Å². The summed E-state index contributed by atoms with van der Waals surface area (Å²) >= 11 is 17.4. The number of alkyl halides is 1. The van der Waals surface area contributed by atoms with Gasteiger partial charge in [0.15, 0.2) is 0 Å². The van der Waals surface area contributed by atoms with Crippen LogP contribution < -0.4 is 0 Å². The fraction of sp³-hybridized carbons (Fsp3) is 0.231. The third-order valence-electron chi connectivity index (χ3n) is 2.60. The van der Waals surface area contributed by atoms with Crippen LogP contribution in [0.15, 0.2) is 24.3 Å². The number of thiophene rings is 1. The molecule has 0 radical (unpaired) electrons. The van der Waals surface area contributed by atoms with E-state index in [4.69, 9.17) is 23.2 Å². The highest BCUT2D eigenvalue weighted by atomic mass is 79.9. The van der Waals surface area contributed by atoms with Crippen molar-refractivity contribution in [2.75, 3.05) is 0 Å². The average Bonchev–Trinajstić information content (AvgIpc) is 2.62. The lowest BCUT2D eigenvalue weighted by Gasteiger charge is -2.09. The van der Waals surface area contributed by atoms with Crippen LogP contribution in [0.3, 0.4) is 0 Å². The lowest BCUT2D eigenvalue weighted by Crippen LogP contribution is -1.90. The van der Waals surface area contributed by atoms with Gasteiger partial charge in [-0.2, -0.15) is 0 Å². The molecule has 0 spiro atoms. The molecule has 4 heteroatoms. The van der Waals surface area contributed by atoms with Gasteiger partial charge >= 0.3 is 0 Å². The molecule has 1 aromatic carbocycles. The summed E-state index contributed by atoms with van der Waals surface area (Å²) in [4.78, 5) is 1.39. The zero-order valence-corrected chi connectivity index (χ0v) is 13.3. The quantitative estimate of drug-likeness (QED) is 0.570. The van der Waals surface area contributed by atoms with Crippen LogP contribution in [-0.2, 0) is 0 Å². The van der Waals surface area contributed by atoms with E-state index in [0.29, 0.717) is 0 Å². The fourth-order valence-corrected chi connectivity index (χ4v) is 3.64. The van der Waals surface area contributed by atoms with Crippen molar-refractivity contribution >= 4 is 50.5 Å². The van der Waals surface area contributed by atoms with Gasteiger partial charge in [0.25, 0.3) is 0 Å². The van der Waals surface area contributed by atoms with E-state index in [9.17, 15) is 0 Å². The van der Waals surface area contributed by atoms with Crippen molar-refractivity contribution in [1.29, 1.82) is 0 Å². The van der Waals surface area contributed by atoms with Crippen LogP contribution in [0.5, 0.6) is 0 Å². The first kappa shape index (κ1) is 13.4. The van der Waals surface area contributed by atoms with Gasteiger partial charge in [-0.3, -0.25) is 0 Å². The van der Waals surface area contributed by atoms with Crippen molar-refractivity contribution in [3.63, 3.8) is 0 Å². The van der Waals surface area contributed by atoms with E-state index in [1.54, 1.807) is 11.3 Å². The Morgan fingerprint density at radius 3 is 2.35 bits per heavy atom. The van der Waals surface area contributed by atoms with E-state index in [1.807, 2.05) is 26.0 Å². The fourth-order valence-electron chi connectivity index (χ4n) is 1.60. The molecule has 2 rings (SSSR count). The van der Waals surface area contributed by atoms with Crippen LogP contribution in [0.2, 0.25) is 9.36 Å². The average molecular weight is 350 g/mol. The molecule has 1 atom stereocenters.